The van der Waals surface area contributed by atoms with Crippen molar-refractivity contribution in [1.29, 1.82) is 0 Å². The van der Waals surface area contributed by atoms with Crippen LogP contribution in [0.1, 0.15) is 33.6 Å². The van der Waals surface area contributed by atoms with Crippen LogP contribution >= 0.6 is 0 Å². The first-order valence-corrected chi connectivity index (χ1v) is 4.37. The van der Waals surface area contributed by atoms with Crippen molar-refractivity contribution < 1.29 is 0 Å². The van der Waals surface area contributed by atoms with Gasteiger partial charge in [0.25, 0.3) is 0 Å². The molecule has 0 heteroatoms. The molecule has 0 aromatic carbocycles. The minimum Gasteiger partial charge on any atom is -0.0996 e. The van der Waals surface area contributed by atoms with Gasteiger partial charge in [0, 0.05) is 0 Å². The second-order valence-electron chi connectivity index (χ2n) is 4.15. The highest BCUT2D eigenvalue weighted by Crippen LogP contribution is 2.40. The van der Waals surface area contributed by atoms with Gasteiger partial charge in [0.1, 0.15) is 0 Å². The second-order valence-corrected chi connectivity index (χ2v) is 4.15. The number of rotatable bonds is 1. The highest BCUT2D eigenvalue weighted by Gasteiger charge is 2.27. The van der Waals surface area contributed by atoms with Gasteiger partial charge < -0.3 is 0 Å². The molecule has 1 aliphatic rings. The molecule has 0 nitrogen and oxygen atoms in total. The maximum absolute atomic E-state index is 4.05. The van der Waals surface area contributed by atoms with Gasteiger partial charge in [-0.25, -0.2) is 0 Å². The van der Waals surface area contributed by atoms with Crippen LogP contribution in [0.15, 0.2) is 24.3 Å². The molecule has 1 rings (SSSR count). The summed E-state index contributed by atoms with van der Waals surface area (Å²) >= 11 is 0. The van der Waals surface area contributed by atoms with E-state index in [2.05, 4.69) is 39.5 Å². The van der Waals surface area contributed by atoms with Gasteiger partial charge in [0.05, 0.1) is 0 Å². The molecule has 0 aromatic rings. The monoisotopic (exact) mass is 150 g/mol. The molecule has 0 radical (unpaired) electrons. The van der Waals surface area contributed by atoms with E-state index in [-0.39, 0.29) is 0 Å². The minimum atomic E-state index is 0.369. The fraction of sp³-hybridized carbons (Fsp3) is 0.636. The molecule has 0 aromatic heterocycles. The molecule has 0 spiro atoms. The van der Waals surface area contributed by atoms with Crippen molar-refractivity contribution in [2.24, 2.45) is 11.3 Å². The highest BCUT2D eigenvalue weighted by atomic mass is 14.3. The zero-order chi connectivity index (χ0) is 8.48. The van der Waals surface area contributed by atoms with Gasteiger partial charge in [-0.1, -0.05) is 38.2 Å². The summed E-state index contributed by atoms with van der Waals surface area (Å²) in [5.74, 6) is 0.727. The zero-order valence-corrected chi connectivity index (χ0v) is 7.85. The predicted molar refractivity (Wildman–Crippen MR) is 50.5 cm³/mol. The quantitative estimate of drug-likeness (QED) is 0.501. The van der Waals surface area contributed by atoms with Crippen molar-refractivity contribution in [3.63, 3.8) is 0 Å². The lowest BCUT2D eigenvalue weighted by Crippen LogP contribution is -2.22. The SMILES string of the molecule is C=C(C)C1(C)CC=CC(C)C1. The molecule has 2 unspecified atom stereocenters. The lowest BCUT2D eigenvalue weighted by atomic mass is 9.71. The Labute approximate surface area is 70.0 Å². The average molecular weight is 150 g/mol. The molecule has 0 heterocycles. The normalized spacial score (nSPS) is 37.2. The van der Waals surface area contributed by atoms with Gasteiger partial charge in [0.15, 0.2) is 0 Å². The third kappa shape index (κ3) is 1.74. The molecule has 0 saturated heterocycles. The standard InChI is InChI=1S/C11H18/c1-9(2)11(4)7-5-6-10(3)8-11/h5-6,10H,1,7-8H2,2-4H3. The van der Waals surface area contributed by atoms with Crippen LogP contribution in [0.25, 0.3) is 0 Å². The molecule has 62 valence electrons. The smallest absolute Gasteiger partial charge is 0.00819 e. The molecule has 1 aliphatic carbocycles. The van der Waals surface area contributed by atoms with E-state index >= 15 is 0 Å². The summed E-state index contributed by atoms with van der Waals surface area (Å²) in [6.07, 6.45) is 7.04. The van der Waals surface area contributed by atoms with Crippen molar-refractivity contribution in [2.75, 3.05) is 0 Å². The largest absolute Gasteiger partial charge is 0.0996 e. The van der Waals surface area contributed by atoms with E-state index in [9.17, 15) is 0 Å². The molecule has 0 saturated carbocycles. The van der Waals surface area contributed by atoms with Crippen molar-refractivity contribution in [3.05, 3.63) is 24.3 Å². The van der Waals surface area contributed by atoms with E-state index in [4.69, 9.17) is 0 Å². The summed E-state index contributed by atoms with van der Waals surface area (Å²) in [6.45, 7) is 10.8. The molecule has 0 aliphatic heterocycles. The van der Waals surface area contributed by atoms with Crippen LogP contribution in [0, 0.1) is 11.3 Å². The maximum Gasteiger partial charge on any atom is -0.00819 e. The number of hydrogen-bond acceptors (Lipinski definition) is 0. The second kappa shape index (κ2) is 2.84. The maximum atomic E-state index is 4.05. The third-order valence-electron chi connectivity index (χ3n) is 2.84. The average Bonchev–Trinajstić information content (AvgIpc) is 1.86. The molecular weight excluding hydrogens is 132 g/mol. The van der Waals surface area contributed by atoms with E-state index < -0.39 is 0 Å². The minimum absolute atomic E-state index is 0.369. The van der Waals surface area contributed by atoms with Crippen molar-refractivity contribution >= 4 is 0 Å². The molecular formula is C11H18. The van der Waals surface area contributed by atoms with Gasteiger partial charge in [0.2, 0.25) is 0 Å². The molecule has 2 atom stereocenters. The van der Waals surface area contributed by atoms with Gasteiger partial charge >= 0.3 is 0 Å². The fourth-order valence-corrected chi connectivity index (χ4v) is 1.77. The van der Waals surface area contributed by atoms with Crippen LogP contribution in [0.4, 0.5) is 0 Å². The Morgan fingerprint density at radius 3 is 2.64 bits per heavy atom. The summed E-state index contributed by atoms with van der Waals surface area (Å²) in [7, 11) is 0. The number of hydrogen-bond donors (Lipinski definition) is 0. The number of allylic oxidation sites excluding steroid dienone is 3. The van der Waals surface area contributed by atoms with E-state index in [0.29, 0.717) is 5.41 Å². The van der Waals surface area contributed by atoms with Gasteiger partial charge in [-0.2, -0.15) is 0 Å². The van der Waals surface area contributed by atoms with E-state index in [1.165, 1.54) is 18.4 Å². The summed E-state index contributed by atoms with van der Waals surface area (Å²) in [4.78, 5) is 0. The van der Waals surface area contributed by atoms with Crippen LogP contribution in [0.5, 0.6) is 0 Å². The topological polar surface area (TPSA) is 0 Å². The van der Waals surface area contributed by atoms with E-state index in [1.54, 1.807) is 0 Å². The Kier molecular flexibility index (Phi) is 2.22. The molecule has 0 N–H and O–H groups in total. The van der Waals surface area contributed by atoms with Crippen molar-refractivity contribution in [2.45, 2.75) is 33.6 Å². The summed E-state index contributed by atoms with van der Waals surface area (Å²) in [6, 6.07) is 0. The van der Waals surface area contributed by atoms with Crippen molar-refractivity contribution in [1.82, 2.24) is 0 Å². The van der Waals surface area contributed by atoms with Crippen LogP contribution in [-0.2, 0) is 0 Å². The Morgan fingerprint density at radius 1 is 1.64 bits per heavy atom. The third-order valence-corrected chi connectivity index (χ3v) is 2.84. The van der Waals surface area contributed by atoms with Crippen LogP contribution < -0.4 is 0 Å². The Morgan fingerprint density at radius 2 is 2.27 bits per heavy atom. The molecule has 0 amide bonds. The molecule has 11 heavy (non-hydrogen) atoms. The Bertz CT molecular complexity index is 188. The van der Waals surface area contributed by atoms with Gasteiger partial charge in [-0.3, -0.25) is 0 Å². The first kappa shape index (κ1) is 8.58. The van der Waals surface area contributed by atoms with Crippen molar-refractivity contribution in [3.8, 4) is 0 Å². The zero-order valence-electron chi connectivity index (χ0n) is 7.85. The van der Waals surface area contributed by atoms with Crippen LogP contribution in [0.3, 0.4) is 0 Å². The van der Waals surface area contributed by atoms with E-state index in [0.717, 1.165) is 5.92 Å². The van der Waals surface area contributed by atoms with Gasteiger partial charge in [-0.15, -0.1) is 0 Å². The first-order valence-electron chi connectivity index (χ1n) is 4.37. The van der Waals surface area contributed by atoms with Crippen LogP contribution in [-0.4, -0.2) is 0 Å². The van der Waals surface area contributed by atoms with Gasteiger partial charge in [-0.05, 0) is 31.1 Å². The Hall–Kier alpha value is -0.520. The lowest BCUT2D eigenvalue weighted by Gasteiger charge is -2.34. The predicted octanol–water partition coefficient (Wildman–Crippen LogP) is 3.55. The fourth-order valence-electron chi connectivity index (χ4n) is 1.77. The summed E-state index contributed by atoms with van der Waals surface area (Å²) in [5, 5.41) is 0. The molecule has 0 bridgehead atoms. The summed E-state index contributed by atoms with van der Waals surface area (Å²) in [5.41, 5.74) is 1.70. The highest BCUT2D eigenvalue weighted by molar-refractivity contribution is 5.13. The Balaban J connectivity index is 2.75. The summed E-state index contributed by atoms with van der Waals surface area (Å²) < 4.78 is 0. The molecule has 0 fully saturated rings. The van der Waals surface area contributed by atoms with E-state index in [1.807, 2.05) is 0 Å². The van der Waals surface area contributed by atoms with Crippen LogP contribution in [0.2, 0.25) is 0 Å². The first-order chi connectivity index (χ1) is 5.04. The lowest BCUT2D eigenvalue weighted by molar-refractivity contribution is 0.315.